The van der Waals surface area contributed by atoms with Crippen LogP contribution in [0.4, 0.5) is 0 Å². The molecule has 0 bridgehead atoms. The topological polar surface area (TPSA) is 112 Å². The maximum absolute atomic E-state index is 12.1. The fraction of sp³-hybridized carbons (Fsp3) is 0.133. The first kappa shape index (κ1) is 16.2. The SMILES string of the molecule is NCc1cc(CN)cc(C(=O)OS(=O)(=O)c2ccccc2)c1. The molecule has 0 saturated heterocycles. The fourth-order valence-corrected chi connectivity index (χ4v) is 2.78. The Morgan fingerprint density at radius 1 is 0.955 bits per heavy atom. The van der Waals surface area contributed by atoms with Gasteiger partial charge in [0.1, 0.15) is 4.90 Å². The van der Waals surface area contributed by atoms with Gasteiger partial charge in [-0.25, -0.2) is 4.79 Å². The number of hydrogen-bond donors (Lipinski definition) is 2. The molecule has 0 saturated carbocycles. The predicted molar refractivity (Wildman–Crippen MR) is 81.3 cm³/mol. The number of nitrogens with two attached hydrogens (primary N) is 2. The standard InChI is InChI=1S/C15H16N2O4S/c16-9-11-6-12(10-17)8-13(7-11)15(18)21-22(19,20)14-4-2-1-3-5-14/h1-8H,9-10,16-17H2. The summed E-state index contributed by atoms with van der Waals surface area (Å²) in [5.41, 5.74) is 12.5. The van der Waals surface area contributed by atoms with Crippen molar-refractivity contribution in [3.63, 3.8) is 0 Å². The van der Waals surface area contributed by atoms with Crippen LogP contribution in [0.25, 0.3) is 0 Å². The zero-order chi connectivity index (χ0) is 16.2. The molecule has 0 aromatic heterocycles. The summed E-state index contributed by atoms with van der Waals surface area (Å²) in [4.78, 5) is 12.0. The van der Waals surface area contributed by atoms with E-state index in [-0.39, 0.29) is 23.5 Å². The zero-order valence-corrected chi connectivity index (χ0v) is 12.5. The minimum Gasteiger partial charge on any atom is -0.338 e. The molecule has 116 valence electrons. The van der Waals surface area contributed by atoms with Crippen molar-refractivity contribution in [1.82, 2.24) is 0 Å². The summed E-state index contributed by atoms with van der Waals surface area (Å²) in [5.74, 6) is -0.964. The summed E-state index contributed by atoms with van der Waals surface area (Å²) in [6.07, 6.45) is 0. The molecule has 0 radical (unpaired) electrons. The molecule has 22 heavy (non-hydrogen) atoms. The summed E-state index contributed by atoms with van der Waals surface area (Å²) >= 11 is 0. The number of benzene rings is 2. The van der Waals surface area contributed by atoms with E-state index in [0.717, 1.165) is 0 Å². The second-order valence-corrected chi connectivity index (χ2v) is 6.13. The van der Waals surface area contributed by atoms with E-state index in [1.54, 1.807) is 24.3 Å². The summed E-state index contributed by atoms with van der Waals surface area (Å²) in [7, 11) is -4.16. The van der Waals surface area contributed by atoms with Gasteiger partial charge in [0.25, 0.3) is 0 Å². The van der Waals surface area contributed by atoms with E-state index in [1.807, 2.05) is 0 Å². The fourth-order valence-electron chi connectivity index (χ4n) is 1.90. The van der Waals surface area contributed by atoms with E-state index < -0.39 is 16.1 Å². The third-order valence-electron chi connectivity index (χ3n) is 2.98. The van der Waals surface area contributed by atoms with Gasteiger partial charge in [-0.1, -0.05) is 24.3 Å². The molecule has 0 fully saturated rings. The van der Waals surface area contributed by atoms with Crippen molar-refractivity contribution in [2.24, 2.45) is 11.5 Å². The molecule has 0 atom stereocenters. The van der Waals surface area contributed by atoms with Crippen molar-refractivity contribution in [2.45, 2.75) is 18.0 Å². The van der Waals surface area contributed by atoms with Crippen molar-refractivity contribution in [3.05, 3.63) is 65.2 Å². The second kappa shape index (κ2) is 6.69. The summed E-state index contributed by atoms with van der Waals surface area (Å²) < 4.78 is 28.7. The van der Waals surface area contributed by atoms with Gasteiger partial charge in [0.15, 0.2) is 0 Å². The smallest absolute Gasteiger partial charge is 0.338 e. The molecule has 2 rings (SSSR count). The van der Waals surface area contributed by atoms with Crippen LogP contribution in [0.15, 0.2) is 53.4 Å². The third-order valence-corrected chi connectivity index (χ3v) is 4.20. The van der Waals surface area contributed by atoms with Gasteiger partial charge in [-0.3, -0.25) is 0 Å². The summed E-state index contributed by atoms with van der Waals surface area (Å²) in [5, 5.41) is 0. The molecule has 6 nitrogen and oxygen atoms in total. The van der Waals surface area contributed by atoms with Crippen LogP contribution in [0, 0.1) is 0 Å². The van der Waals surface area contributed by atoms with Crippen molar-refractivity contribution >= 4 is 16.1 Å². The van der Waals surface area contributed by atoms with Crippen LogP contribution in [-0.4, -0.2) is 14.4 Å². The molecule has 4 N–H and O–H groups in total. The molecule has 0 amide bonds. The molecule has 0 spiro atoms. The third kappa shape index (κ3) is 3.70. The van der Waals surface area contributed by atoms with E-state index >= 15 is 0 Å². The van der Waals surface area contributed by atoms with Crippen LogP contribution >= 0.6 is 0 Å². The Labute approximate surface area is 128 Å². The number of hydrogen-bond acceptors (Lipinski definition) is 6. The maximum Gasteiger partial charge on any atom is 0.354 e. The van der Waals surface area contributed by atoms with Crippen molar-refractivity contribution < 1.29 is 17.4 Å². The normalized spacial score (nSPS) is 11.2. The largest absolute Gasteiger partial charge is 0.354 e. The monoisotopic (exact) mass is 320 g/mol. The Hall–Kier alpha value is -2.22. The lowest BCUT2D eigenvalue weighted by atomic mass is 10.1. The molecule has 0 aliphatic carbocycles. The van der Waals surface area contributed by atoms with Gasteiger partial charge in [-0.15, -0.1) is 0 Å². The lowest BCUT2D eigenvalue weighted by Gasteiger charge is -2.08. The van der Waals surface area contributed by atoms with Gasteiger partial charge < -0.3 is 15.7 Å². The highest BCUT2D eigenvalue weighted by molar-refractivity contribution is 7.87. The minimum absolute atomic E-state index is 0.0858. The van der Waals surface area contributed by atoms with E-state index in [1.165, 1.54) is 24.3 Å². The first-order chi connectivity index (χ1) is 10.5. The number of carbonyl (C=O) groups excluding carboxylic acids is 1. The first-order valence-electron chi connectivity index (χ1n) is 6.53. The van der Waals surface area contributed by atoms with Gasteiger partial charge in [-0.2, -0.15) is 8.42 Å². The van der Waals surface area contributed by atoms with Gasteiger partial charge >= 0.3 is 16.1 Å². The Balaban J connectivity index is 2.29. The van der Waals surface area contributed by atoms with Gasteiger partial charge in [0, 0.05) is 13.1 Å². The van der Waals surface area contributed by atoms with E-state index in [9.17, 15) is 13.2 Å². The zero-order valence-electron chi connectivity index (χ0n) is 11.7. The van der Waals surface area contributed by atoms with Crippen LogP contribution in [-0.2, 0) is 27.4 Å². The molecule has 2 aromatic rings. The van der Waals surface area contributed by atoms with Crippen molar-refractivity contribution in [1.29, 1.82) is 0 Å². The van der Waals surface area contributed by atoms with Gasteiger partial charge in [0.2, 0.25) is 0 Å². The molecule has 2 aromatic carbocycles. The highest BCUT2D eigenvalue weighted by atomic mass is 32.2. The Bertz CT molecular complexity index is 751. The van der Waals surface area contributed by atoms with Gasteiger partial charge in [-0.05, 0) is 35.4 Å². The van der Waals surface area contributed by atoms with Gasteiger partial charge in [0.05, 0.1) is 5.56 Å². The Morgan fingerprint density at radius 2 is 1.50 bits per heavy atom. The summed E-state index contributed by atoms with van der Waals surface area (Å²) in [6.45, 7) is 0.416. The van der Waals surface area contributed by atoms with E-state index in [4.69, 9.17) is 11.5 Å². The average molecular weight is 320 g/mol. The summed E-state index contributed by atoms with van der Waals surface area (Å²) in [6, 6.07) is 12.2. The van der Waals surface area contributed by atoms with Crippen LogP contribution in [0.1, 0.15) is 21.5 Å². The predicted octanol–water partition coefficient (Wildman–Crippen LogP) is 1.15. The lowest BCUT2D eigenvalue weighted by molar-refractivity contribution is 0.0746. The van der Waals surface area contributed by atoms with Crippen LogP contribution < -0.4 is 11.5 Å². The Morgan fingerprint density at radius 3 is 2.00 bits per heavy atom. The highest BCUT2D eigenvalue weighted by Crippen LogP contribution is 2.16. The minimum atomic E-state index is -4.16. The number of carbonyl (C=O) groups is 1. The van der Waals surface area contributed by atoms with Crippen molar-refractivity contribution in [3.8, 4) is 0 Å². The maximum atomic E-state index is 12.1. The molecule has 7 heteroatoms. The van der Waals surface area contributed by atoms with Crippen LogP contribution in [0.2, 0.25) is 0 Å². The molecule has 0 heterocycles. The molecule has 0 aliphatic rings. The Kier molecular flexibility index (Phi) is 4.92. The highest BCUT2D eigenvalue weighted by Gasteiger charge is 2.21. The van der Waals surface area contributed by atoms with Crippen LogP contribution in [0.5, 0.6) is 0 Å². The lowest BCUT2D eigenvalue weighted by Crippen LogP contribution is -2.15. The first-order valence-corrected chi connectivity index (χ1v) is 7.94. The molecule has 0 aliphatic heterocycles. The van der Waals surface area contributed by atoms with E-state index in [0.29, 0.717) is 11.1 Å². The van der Waals surface area contributed by atoms with Crippen molar-refractivity contribution in [2.75, 3.05) is 0 Å². The van der Waals surface area contributed by atoms with Crippen LogP contribution in [0.3, 0.4) is 0 Å². The van der Waals surface area contributed by atoms with E-state index in [2.05, 4.69) is 4.18 Å². The quantitative estimate of drug-likeness (QED) is 0.799. The molecule has 0 unspecified atom stereocenters. The second-order valence-electron chi connectivity index (χ2n) is 4.58. The molecular formula is C15H16N2O4S. The average Bonchev–Trinajstić information content (AvgIpc) is 2.54. The number of rotatable bonds is 5. The molecular weight excluding hydrogens is 304 g/mol.